The van der Waals surface area contributed by atoms with E-state index >= 15 is 0 Å². The summed E-state index contributed by atoms with van der Waals surface area (Å²) in [4.78, 5) is 2.37. The quantitative estimate of drug-likeness (QED) is 0.835. The van der Waals surface area contributed by atoms with Crippen molar-refractivity contribution in [1.82, 2.24) is 4.90 Å². The minimum absolute atomic E-state index is 0.187. The van der Waals surface area contributed by atoms with Crippen molar-refractivity contribution in [3.8, 4) is 0 Å². The van der Waals surface area contributed by atoms with E-state index in [1.165, 1.54) is 6.42 Å². The zero-order chi connectivity index (χ0) is 13.7. The lowest BCUT2D eigenvalue weighted by Gasteiger charge is -2.30. The molecule has 0 aromatic rings. The maximum absolute atomic E-state index is 10.5. The van der Waals surface area contributed by atoms with E-state index in [1.54, 1.807) is 0 Å². The van der Waals surface area contributed by atoms with Crippen molar-refractivity contribution in [1.29, 1.82) is 0 Å². The number of rotatable bonds is 4. The first kappa shape index (κ1) is 14.3. The summed E-state index contributed by atoms with van der Waals surface area (Å²) in [5.74, 6) is 1.94. The van der Waals surface area contributed by atoms with Crippen molar-refractivity contribution in [3.05, 3.63) is 0 Å². The second kappa shape index (κ2) is 4.46. The van der Waals surface area contributed by atoms with Gasteiger partial charge in [-0.05, 0) is 53.0 Å². The van der Waals surface area contributed by atoms with Crippen LogP contribution in [0.25, 0.3) is 0 Å². The molecule has 3 heteroatoms. The summed E-state index contributed by atoms with van der Waals surface area (Å²) in [6.07, 6.45) is 0.981. The van der Waals surface area contributed by atoms with E-state index in [2.05, 4.69) is 32.7 Å². The van der Waals surface area contributed by atoms with Gasteiger partial charge in [0.2, 0.25) is 0 Å². The van der Waals surface area contributed by atoms with Crippen LogP contribution in [-0.2, 0) is 4.74 Å². The van der Waals surface area contributed by atoms with E-state index in [0.717, 1.165) is 24.9 Å². The maximum atomic E-state index is 10.5. The van der Waals surface area contributed by atoms with E-state index < -0.39 is 5.60 Å². The minimum Gasteiger partial charge on any atom is -0.390 e. The van der Waals surface area contributed by atoms with E-state index in [9.17, 15) is 5.11 Å². The third-order valence-electron chi connectivity index (χ3n) is 4.84. The van der Waals surface area contributed by atoms with Crippen LogP contribution in [-0.4, -0.2) is 47.4 Å². The third-order valence-corrected chi connectivity index (χ3v) is 4.84. The van der Waals surface area contributed by atoms with E-state index in [0.29, 0.717) is 0 Å². The molecule has 0 bridgehead atoms. The average molecular weight is 255 g/mol. The van der Waals surface area contributed by atoms with E-state index in [4.69, 9.17) is 4.74 Å². The van der Waals surface area contributed by atoms with Crippen molar-refractivity contribution in [2.75, 3.05) is 20.1 Å². The minimum atomic E-state index is -0.429. The Bertz CT molecular complexity index is 314. The SMILES string of the molecule is CC1CC1CN(C)CC1C(O)C(C)(C)OC1(C)C. The predicted molar refractivity (Wildman–Crippen MR) is 73.5 cm³/mol. The third kappa shape index (κ3) is 2.73. The van der Waals surface area contributed by atoms with Crippen LogP contribution >= 0.6 is 0 Å². The molecule has 4 atom stereocenters. The molecular weight excluding hydrogens is 226 g/mol. The van der Waals surface area contributed by atoms with Crippen LogP contribution < -0.4 is 0 Å². The van der Waals surface area contributed by atoms with E-state index in [1.807, 2.05) is 13.8 Å². The number of aliphatic hydroxyl groups is 1. The molecule has 2 rings (SSSR count). The highest BCUT2D eigenvalue weighted by Gasteiger charge is 2.53. The van der Waals surface area contributed by atoms with Gasteiger partial charge in [-0.3, -0.25) is 0 Å². The topological polar surface area (TPSA) is 32.7 Å². The fraction of sp³-hybridized carbons (Fsp3) is 1.00. The second-order valence-electron chi connectivity index (χ2n) is 7.55. The van der Waals surface area contributed by atoms with Gasteiger partial charge >= 0.3 is 0 Å². The van der Waals surface area contributed by atoms with Crippen LogP contribution in [0.15, 0.2) is 0 Å². The molecule has 1 heterocycles. The Kier molecular flexibility index (Phi) is 3.54. The normalized spacial score (nSPS) is 41.3. The smallest absolute Gasteiger partial charge is 0.0896 e. The number of ether oxygens (including phenoxy) is 1. The summed E-state index contributed by atoms with van der Waals surface area (Å²) in [6, 6.07) is 0. The molecule has 2 aliphatic rings. The summed E-state index contributed by atoms with van der Waals surface area (Å²) in [5.41, 5.74) is -0.672. The predicted octanol–water partition coefficient (Wildman–Crippen LogP) is 2.14. The highest BCUT2D eigenvalue weighted by Crippen LogP contribution is 2.43. The number of hydrogen-bond donors (Lipinski definition) is 1. The first-order chi connectivity index (χ1) is 8.13. The molecule has 0 radical (unpaired) electrons. The lowest BCUT2D eigenvalue weighted by molar-refractivity contribution is -0.0912. The van der Waals surface area contributed by atoms with E-state index in [-0.39, 0.29) is 17.6 Å². The Morgan fingerprint density at radius 3 is 2.11 bits per heavy atom. The Morgan fingerprint density at radius 1 is 1.17 bits per heavy atom. The van der Waals surface area contributed by atoms with Gasteiger partial charge < -0.3 is 14.7 Å². The first-order valence-corrected chi connectivity index (χ1v) is 7.20. The van der Waals surface area contributed by atoms with Crippen LogP contribution in [0.5, 0.6) is 0 Å². The molecule has 0 spiro atoms. The van der Waals surface area contributed by atoms with Gasteiger partial charge in [-0.15, -0.1) is 0 Å². The highest BCUT2D eigenvalue weighted by molar-refractivity contribution is 5.02. The lowest BCUT2D eigenvalue weighted by atomic mass is 9.84. The summed E-state index contributed by atoms with van der Waals surface area (Å²) < 4.78 is 6.03. The maximum Gasteiger partial charge on any atom is 0.0896 e. The van der Waals surface area contributed by atoms with Gasteiger partial charge in [-0.1, -0.05) is 6.92 Å². The summed E-state index contributed by atoms with van der Waals surface area (Å²) >= 11 is 0. The van der Waals surface area contributed by atoms with Gasteiger partial charge in [0.1, 0.15) is 0 Å². The monoisotopic (exact) mass is 255 g/mol. The van der Waals surface area contributed by atoms with Crippen LogP contribution in [0.1, 0.15) is 41.0 Å². The summed E-state index contributed by atoms with van der Waals surface area (Å²) in [7, 11) is 2.17. The van der Waals surface area contributed by atoms with Gasteiger partial charge in [0.05, 0.1) is 17.3 Å². The molecule has 18 heavy (non-hydrogen) atoms. The molecular formula is C15H29NO2. The molecule has 1 saturated heterocycles. The zero-order valence-corrected chi connectivity index (χ0v) is 12.7. The average Bonchev–Trinajstić information content (AvgIpc) is 2.83. The van der Waals surface area contributed by atoms with Crippen LogP contribution in [0, 0.1) is 17.8 Å². The molecule has 1 aliphatic heterocycles. The largest absolute Gasteiger partial charge is 0.390 e. The van der Waals surface area contributed by atoms with Gasteiger partial charge in [-0.25, -0.2) is 0 Å². The lowest BCUT2D eigenvalue weighted by Crippen LogP contribution is -2.42. The highest BCUT2D eigenvalue weighted by atomic mass is 16.5. The Hall–Kier alpha value is -0.120. The second-order valence-corrected chi connectivity index (χ2v) is 7.55. The zero-order valence-electron chi connectivity index (χ0n) is 12.7. The van der Waals surface area contributed by atoms with Crippen molar-refractivity contribution in [3.63, 3.8) is 0 Å². The Morgan fingerprint density at radius 2 is 1.72 bits per heavy atom. The van der Waals surface area contributed by atoms with Crippen molar-refractivity contribution < 1.29 is 9.84 Å². The van der Waals surface area contributed by atoms with Crippen LogP contribution in [0.4, 0.5) is 0 Å². The van der Waals surface area contributed by atoms with Gasteiger partial charge in [0.25, 0.3) is 0 Å². The Labute approximate surface area is 112 Å². The van der Waals surface area contributed by atoms with Gasteiger partial charge in [-0.2, -0.15) is 0 Å². The standard InChI is InChI=1S/C15H29NO2/c1-10-7-11(10)8-16(6)9-12-13(17)15(4,5)18-14(12,2)3/h10-13,17H,7-9H2,1-6H3. The molecule has 1 saturated carbocycles. The fourth-order valence-electron chi connectivity index (χ4n) is 3.46. The molecule has 2 fully saturated rings. The van der Waals surface area contributed by atoms with Crippen molar-refractivity contribution >= 4 is 0 Å². The van der Waals surface area contributed by atoms with Crippen molar-refractivity contribution in [2.45, 2.75) is 58.3 Å². The number of hydrogen-bond acceptors (Lipinski definition) is 3. The van der Waals surface area contributed by atoms with Crippen LogP contribution in [0.3, 0.4) is 0 Å². The molecule has 1 aliphatic carbocycles. The molecule has 0 aromatic carbocycles. The molecule has 106 valence electrons. The molecule has 3 nitrogen and oxygen atoms in total. The fourth-order valence-corrected chi connectivity index (χ4v) is 3.46. The summed E-state index contributed by atoms with van der Waals surface area (Å²) in [6.45, 7) is 12.6. The summed E-state index contributed by atoms with van der Waals surface area (Å²) in [5, 5.41) is 10.5. The molecule has 4 unspecified atom stereocenters. The van der Waals surface area contributed by atoms with Crippen molar-refractivity contribution in [2.24, 2.45) is 17.8 Å². The first-order valence-electron chi connectivity index (χ1n) is 7.20. The molecule has 0 amide bonds. The molecule has 0 aromatic heterocycles. The number of aliphatic hydroxyl groups excluding tert-OH is 1. The van der Waals surface area contributed by atoms with Gasteiger partial charge in [0.15, 0.2) is 0 Å². The molecule has 1 N–H and O–H groups in total. The van der Waals surface area contributed by atoms with Crippen LogP contribution in [0.2, 0.25) is 0 Å². The number of nitrogens with zero attached hydrogens (tertiary/aromatic N) is 1. The Balaban J connectivity index is 1.94. The van der Waals surface area contributed by atoms with Gasteiger partial charge in [0, 0.05) is 19.0 Å².